The quantitative estimate of drug-likeness (QED) is 0.752. The molecule has 29 heavy (non-hydrogen) atoms. The number of thiazole rings is 1. The van der Waals surface area contributed by atoms with Crippen LogP contribution in [0.15, 0.2) is 23.6 Å². The van der Waals surface area contributed by atoms with E-state index in [1.165, 1.54) is 10.3 Å². The molecule has 2 fully saturated rings. The van der Waals surface area contributed by atoms with E-state index < -0.39 is 17.5 Å². The van der Waals surface area contributed by atoms with Crippen molar-refractivity contribution in [2.75, 3.05) is 11.9 Å². The number of benzene rings is 1. The van der Waals surface area contributed by atoms with Crippen molar-refractivity contribution in [2.24, 2.45) is 11.8 Å². The molecule has 3 amide bonds. The maximum absolute atomic E-state index is 13.9. The summed E-state index contributed by atoms with van der Waals surface area (Å²) >= 11 is 1.08. The summed E-state index contributed by atoms with van der Waals surface area (Å²) in [6, 6.07) is 3.08. The Labute approximate surface area is 169 Å². The molecule has 1 aliphatic carbocycles. The number of anilines is 1. The molecule has 152 valence electrons. The monoisotopic (exact) mass is 419 g/mol. The van der Waals surface area contributed by atoms with Crippen LogP contribution >= 0.6 is 11.3 Å². The van der Waals surface area contributed by atoms with Crippen LogP contribution in [0.3, 0.4) is 0 Å². The Morgan fingerprint density at radius 2 is 1.86 bits per heavy atom. The zero-order valence-corrected chi connectivity index (χ0v) is 16.3. The van der Waals surface area contributed by atoms with Crippen LogP contribution < -0.4 is 5.32 Å². The number of carbonyl (C=O) groups is 3. The number of carbonyl (C=O) groups excluding carboxylic acids is 3. The number of aromatic nitrogens is 1. The summed E-state index contributed by atoms with van der Waals surface area (Å²) < 4.78 is 27.2. The summed E-state index contributed by atoms with van der Waals surface area (Å²) in [5.41, 5.74) is 0.230. The molecule has 0 radical (unpaired) electrons. The summed E-state index contributed by atoms with van der Waals surface area (Å²) in [7, 11) is 0. The SMILES string of the molecule is O=C(CCN1C(=O)[C@H]2CCCC[C@@H]2C1=O)Nc1nc(-c2cc(F)ccc2F)cs1. The van der Waals surface area contributed by atoms with E-state index in [-0.39, 0.29) is 53.0 Å². The molecule has 4 rings (SSSR count). The van der Waals surface area contributed by atoms with Crippen molar-refractivity contribution in [3.05, 3.63) is 35.2 Å². The summed E-state index contributed by atoms with van der Waals surface area (Å²) in [5, 5.41) is 4.34. The van der Waals surface area contributed by atoms with Gasteiger partial charge in [-0.2, -0.15) is 0 Å². The van der Waals surface area contributed by atoms with Crippen molar-refractivity contribution in [3.8, 4) is 11.3 Å². The van der Waals surface area contributed by atoms with Crippen LogP contribution in [0.25, 0.3) is 11.3 Å². The average molecular weight is 419 g/mol. The van der Waals surface area contributed by atoms with Gasteiger partial charge in [-0.1, -0.05) is 12.8 Å². The minimum absolute atomic E-state index is 0.0117. The highest BCUT2D eigenvalue weighted by Gasteiger charge is 2.47. The third kappa shape index (κ3) is 3.91. The molecule has 1 aromatic heterocycles. The third-order valence-corrected chi connectivity index (χ3v) is 6.21. The standard InChI is InChI=1S/C20H19F2N3O3S/c21-11-5-6-15(22)14(9-11)16-10-29-20(23-16)24-17(26)7-8-25-18(27)12-3-1-2-4-13(12)19(25)28/h5-6,9-10,12-13H,1-4,7-8H2,(H,23,24,26)/t12-,13-/m0/s1. The molecule has 1 saturated heterocycles. The molecule has 0 spiro atoms. The van der Waals surface area contributed by atoms with Crippen molar-refractivity contribution in [2.45, 2.75) is 32.1 Å². The van der Waals surface area contributed by atoms with Crippen LogP contribution in [0.1, 0.15) is 32.1 Å². The molecule has 0 unspecified atom stereocenters. The zero-order valence-electron chi connectivity index (χ0n) is 15.5. The molecule has 2 aliphatic rings. The number of fused-ring (bicyclic) bond motifs is 1. The smallest absolute Gasteiger partial charge is 0.233 e. The van der Waals surface area contributed by atoms with Crippen LogP contribution in [0, 0.1) is 23.5 Å². The van der Waals surface area contributed by atoms with E-state index in [1.807, 2.05) is 0 Å². The lowest BCUT2D eigenvalue weighted by atomic mass is 9.81. The summed E-state index contributed by atoms with van der Waals surface area (Å²) in [6.07, 6.45) is 3.33. The van der Waals surface area contributed by atoms with Crippen molar-refractivity contribution < 1.29 is 23.2 Å². The Kier molecular flexibility index (Phi) is 5.40. The Morgan fingerprint density at radius 1 is 1.17 bits per heavy atom. The Hall–Kier alpha value is -2.68. The lowest BCUT2D eigenvalue weighted by molar-refractivity contribution is -0.140. The molecule has 1 saturated carbocycles. The first-order valence-electron chi connectivity index (χ1n) is 9.50. The van der Waals surface area contributed by atoms with Gasteiger partial charge in [-0.25, -0.2) is 13.8 Å². The second kappa shape index (κ2) is 7.98. The van der Waals surface area contributed by atoms with Gasteiger partial charge in [-0.15, -0.1) is 11.3 Å². The number of halogens is 2. The normalized spacial score (nSPS) is 21.4. The second-order valence-corrected chi connectivity index (χ2v) is 8.14. The van der Waals surface area contributed by atoms with Gasteiger partial charge in [-0.05, 0) is 31.0 Å². The highest BCUT2D eigenvalue weighted by atomic mass is 32.1. The zero-order chi connectivity index (χ0) is 20.5. The van der Waals surface area contributed by atoms with E-state index in [0.717, 1.165) is 55.2 Å². The number of rotatable bonds is 5. The number of likely N-dealkylation sites (tertiary alicyclic amines) is 1. The number of nitrogens with one attached hydrogen (secondary N) is 1. The van der Waals surface area contributed by atoms with E-state index in [1.54, 1.807) is 0 Å². The van der Waals surface area contributed by atoms with Crippen LogP contribution in [-0.2, 0) is 14.4 Å². The highest BCUT2D eigenvalue weighted by Crippen LogP contribution is 2.38. The molecule has 6 nitrogen and oxygen atoms in total. The first-order valence-corrected chi connectivity index (χ1v) is 10.4. The molecule has 2 aromatic rings. The average Bonchev–Trinajstić information content (AvgIpc) is 3.26. The van der Waals surface area contributed by atoms with Crippen molar-refractivity contribution in [3.63, 3.8) is 0 Å². The fourth-order valence-corrected chi connectivity index (χ4v) is 4.72. The van der Waals surface area contributed by atoms with Crippen molar-refractivity contribution in [1.29, 1.82) is 0 Å². The highest BCUT2D eigenvalue weighted by molar-refractivity contribution is 7.14. The predicted octanol–water partition coefficient (Wildman–Crippen LogP) is 3.59. The fourth-order valence-electron chi connectivity index (χ4n) is 4.00. The fraction of sp³-hybridized carbons (Fsp3) is 0.400. The van der Waals surface area contributed by atoms with Gasteiger partial charge in [0.25, 0.3) is 0 Å². The van der Waals surface area contributed by atoms with Crippen LogP contribution in [0.5, 0.6) is 0 Å². The number of amides is 3. The largest absolute Gasteiger partial charge is 0.302 e. The van der Waals surface area contributed by atoms with Gasteiger partial charge in [-0.3, -0.25) is 19.3 Å². The van der Waals surface area contributed by atoms with E-state index in [9.17, 15) is 23.2 Å². The van der Waals surface area contributed by atoms with E-state index in [2.05, 4.69) is 10.3 Å². The van der Waals surface area contributed by atoms with Gasteiger partial charge in [0.1, 0.15) is 11.6 Å². The lowest BCUT2D eigenvalue weighted by Crippen LogP contribution is -2.34. The van der Waals surface area contributed by atoms with Crippen molar-refractivity contribution >= 4 is 34.2 Å². The first-order chi connectivity index (χ1) is 13.9. The minimum Gasteiger partial charge on any atom is -0.302 e. The maximum Gasteiger partial charge on any atom is 0.233 e. The van der Waals surface area contributed by atoms with Crippen LogP contribution in [0.2, 0.25) is 0 Å². The first kappa shape index (κ1) is 19.6. The van der Waals surface area contributed by atoms with E-state index in [4.69, 9.17) is 0 Å². The number of nitrogens with zero attached hydrogens (tertiary/aromatic N) is 2. The van der Waals surface area contributed by atoms with E-state index >= 15 is 0 Å². The third-order valence-electron chi connectivity index (χ3n) is 5.45. The molecule has 2 heterocycles. The number of hydrogen-bond donors (Lipinski definition) is 1. The van der Waals surface area contributed by atoms with Crippen LogP contribution in [-0.4, -0.2) is 34.2 Å². The molecule has 1 N–H and O–H groups in total. The Bertz CT molecular complexity index is 954. The summed E-state index contributed by atoms with van der Waals surface area (Å²) in [5.74, 6) is -2.41. The van der Waals surface area contributed by atoms with Gasteiger partial charge in [0.2, 0.25) is 17.7 Å². The van der Waals surface area contributed by atoms with Crippen molar-refractivity contribution in [1.82, 2.24) is 9.88 Å². The van der Waals surface area contributed by atoms with E-state index in [0.29, 0.717) is 0 Å². The Balaban J connectivity index is 1.36. The molecule has 1 aliphatic heterocycles. The lowest BCUT2D eigenvalue weighted by Gasteiger charge is -2.19. The molecule has 0 bridgehead atoms. The van der Waals surface area contributed by atoms with Gasteiger partial charge in [0, 0.05) is 23.9 Å². The molecule has 1 aromatic carbocycles. The second-order valence-electron chi connectivity index (χ2n) is 7.29. The summed E-state index contributed by atoms with van der Waals surface area (Å²) in [6.45, 7) is 0.0350. The number of hydrogen-bond acceptors (Lipinski definition) is 5. The summed E-state index contributed by atoms with van der Waals surface area (Å²) in [4.78, 5) is 42.4. The topological polar surface area (TPSA) is 79.4 Å². The molecule has 9 heteroatoms. The maximum atomic E-state index is 13.9. The van der Waals surface area contributed by atoms with Crippen LogP contribution in [0.4, 0.5) is 13.9 Å². The van der Waals surface area contributed by atoms with Gasteiger partial charge in [0.15, 0.2) is 5.13 Å². The van der Waals surface area contributed by atoms with Gasteiger partial charge in [0.05, 0.1) is 17.5 Å². The minimum atomic E-state index is -0.609. The predicted molar refractivity (Wildman–Crippen MR) is 103 cm³/mol. The van der Waals surface area contributed by atoms with Gasteiger partial charge < -0.3 is 5.32 Å². The van der Waals surface area contributed by atoms with Gasteiger partial charge >= 0.3 is 0 Å². The molecular formula is C20H19F2N3O3S. The Morgan fingerprint density at radius 3 is 2.55 bits per heavy atom. The molecule has 2 atom stereocenters. The number of imide groups is 1. The molecular weight excluding hydrogens is 400 g/mol.